The third-order valence-electron chi connectivity index (χ3n) is 6.15. The summed E-state index contributed by atoms with van der Waals surface area (Å²) in [5.74, 6) is 1.62. The molecule has 38 heavy (non-hydrogen) atoms. The first-order valence-electron chi connectivity index (χ1n) is 12.2. The fourth-order valence-corrected chi connectivity index (χ4v) is 4.93. The van der Waals surface area contributed by atoms with Gasteiger partial charge in [-0.1, -0.05) is 54.6 Å². The molecule has 190 valence electrons. The first kappa shape index (κ1) is 25.6. The van der Waals surface area contributed by atoms with Crippen molar-refractivity contribution in [2.75, 3.05) is 6.61 Å². The van der Waals surface area contributed by atoms with E-state index < -0.39 is 5.97 Å². The van der Waals surface area contributed by atoms with Crippen molar-refractivity contribution in [3.8, 4) is 28.4 Å². The minimum Gasteiger partial charge on any atom is -0.488 e. The van der Waals surface area contributed by atoms with E-state index in [1.54, 1.807) is 12.5 Å². The van der Waals surface area contributed by atoms with Gasteiger partial charge >= 0.3 is 5.97 Å². The maximum atomic E-state index is 10.9. The van der Waals surface area contributed by atoms with E-state index in [1.165, 1.54) is 0 Å². The minimum absolute atomic E-state index is 0.111. The summed E-state index contributed by atoms with van der Waals surface area (Å²) < 4.78 is 18.2. The average molecular weight is 616 g/mol. The number of benzene rings is 3. The molecule has 2 heterocycles. The zero-order chi connectivity index (χ0) is 26.3. The predicted molar refractivity (Wildman–Crippen MR) is 156 cm³/mol. The summed E-state index contributed by atoms with van der Waals surface area (Å²) in [6.45, 7) is 0.375. The van der Waals surface area contributed by atoms with E-state index in [0.717, 1.165) is 54.2 Å². The lowest BCUT2D eigenvalue weighted by Crippen LogP contribution is -2.00. The van der Waals surface area contributed by atoms with Gasteiger partial charge in [-0.05, 0) is 93.7 Å². The van der Waals surface area contributed by atoms with E-state index >= 15 is 0 Å². The second-order valence-electron chi connectivity index (χ2n) is 8.70. The monoisotopic (exact) mass is 616 g/mol. The van der Waals surface area contributed by atoms with Crippen molar-refractivity contribution < 1.29 is 23.5 Å². The molecule has 0 aliphatic rings. The highest BCUT2D eigenvalue weighted by Crippen LogP contribution is 2.30. The Morgan fingerprint density at radius 3 is 1.87 bits per heavy atom. The van der Waals surface area contributed by atoms with E-state index in [2.05, 4.69) is 77.2 Å². The number of aryl methyl sites for hydroxylation is 1. The Balaban J connectivity index is 1.39. The quantitative estimate of drug-likeness (QED) is 0.160. The molecular weight excluding hydrogens is 591 g/mol. The second-order valence-corrected chi connectivity index (χ2v) is 9.86. The third kappa shape index (κ3) is 6.26. The van der Waals surface area contributed by atoms with Gasteiger partial charge in [0.15, 0.2) is 0 Å². The van der Waals surface area contributed by atoms with Crippen LogP contribution in [0.1, 0.15) is 23.1 Å². The van der Waals surface area contributed by atoms with Gasteiger partial charge in [0.2, 0.25) is 0 Å². The van der Waals surface area contributed by atoms with Gasteiger partial charge in [-0.15, -0.1) is 0 Å². The number of carbonyl (C=O) groups is 1. The van der Waals surface area contributed by atoms with Crippen LogP contribution in [0.25, 0.3) is 28.2 Å². The highest BCUT2D eigenvalue weighted by Gasteiger charge is 2.10. The zero-order valence-electron chi connectivity index (χ0n) is 20.5. The van der Waals surface area contributed by atoms with Gasteiger partial charge in [0.25, 0.3) is 0 Å². The van der Waals surface area contributed by atoms with Crippen molar-refractivity contribution in [1.29, 1.82) is 0 Å². The van der Waals surface area contributed by atoms with Gasteiger partial charge in [-0.3, -0.25) is 4.79 Å². The molecule has 0 bridgehead atoms. The number of hydrogen-bond acceptors (Lipinski definition) is 4. The molecule has 5 aromatic rings. The van der Waals surface area contributed by atoms with E-state index in [4.69, 9.17) is 18.7 Å². The van der Waals surface area contributed by atoms with Crippen molar-refractivity contribution in [1.82, 2.24) is 0 Å². The molecule has 0 unspecified atom stereocenters. The van der Waals surface area contributed by atoms with Gasteiger partial charge in [-0.2, -0.15) is 0 Å². The summed E-state index contributed by atoms with van der Waals surface area (Å²) in [4.78, 5) is 10.9. The number of hydrogen-bond donors (Lipinski definition) is 1. The molecule has 5 nitrogen and oxygen atoms in total. The number of ether oxygens (including phenoxy) is 1. The maximum absolute atomic E-state index is 10.9. The summed E-state index contributed by atoms with van der Waals surface area (Å²) in [5, 5.41) is 8.94. The van der Waals surface area contributed by atoms with E-state index in [9.17, 15) is 4.79 Å². The molecule has 0 saturated heterocycles. The summed E-state index contributed by atoms with van der Waals surface area (Å²) in [5.41, 5.74) is 6.19. The number of rotatable bonds is 10. The fourth-order valence-electron chi connectivity index (χ4n) is 4.20. The lowest BCUT2D eigenvalue weighted by atomic mass is 9.95. The van der Waals surface area contributed by atoms with Crippen molar-refractivity contribution in [3.05, 3.63) is 130 Å². The molecule has 3 aromatic carbocycles. The van der Waals surface area contributed by atoms with Crippen LogP contribution in [0.5, 0.6) is 5.75 Å². The van der Waals surface area contributed by atoms with Crippen LogP contribution in [0.15, 0.2) is 118 Å². The summed E-state index contributed by atoms with van der Waals surface area (Å²) in [6, 6.07) is 30.0. The molecule has 6 heteroatoms. The van der Waals surface area contributed by atoms with E-state index in [1.807, 2.05) is 42.5 Å². The molecule has 2 aromatic heterocycles. The Kier molecular flexibility index (Phi) is 8.09. The maximum Gasteiger partial charge on any atom is 0.303 e. The Bertz CT molecular complexity index is 1430. The van der Waals surface area contributed by atoms with Crippen LogP contribution in [0.4, 0.5) is 0 Å². The average Bonchev–Trinajstić information content (AvgIpc) is 3.67. The number of halogens is 1. The molecule has 0 spiro atoms. The molecule has 0 saturated carbocycles. The highest BCUT2D eigenvalue weighted by molar-refractivity contribution is 14.1. The van der Waals surface area contributed by atoms with Crippen molar-refractivity contribution in [2.45, 2.75) is 12.8 Å². The fraction of sp³-hybridized carbons (Fsp3) is 0.0938. The largest absolute Gasteiger partial charge is 0.488 e. The molecule has 1 N–H and O–H groups in total. The first-order valence-corrected chi connectivity index (χ1v) is 13.3. The third-order valence-corrected chi connectivity index (χ3v) is 7.00. The molecule has 0 atom stereocenters. The first-order chi connectivity index (χ1) is 18.6. The lowest BCUT2D eigenvalue weighted by molar-refractivity contribution is -0.136. The van der Waals surface area contributed by atoms with Crippen LogP contribution in [-0.2, 0) is 11.2 Å². The minimum atomic E-state index is -0.799. The molecule has 5 rings (SSSR count). The number of carboxylic acids is 1. The molecule has 0 radical (unpaired) electrons. The zero-order valence-corrected chi connectivity index (χ0v) is 22.6. The normalized spacial score (nSPS) is 10.8. The Hall–Kier alpha value is -4.04. The number of furan rings is 2. The van der Waals surface area contributed by atoms with Crippen LogP contribution >= 0.6 is 22.6 Å². The Morgan fingerprint density at radius 1 is 0.816 bits per heavy atom. The van der Waals surface area contributed by atoms with Gasteiger partial charge in [0, 0.05) is 17.5 Å². The van der Waals surface area contributed by atoms with Gasteiger partial charge in [0.1, 0.15) is 23.9 Å². The summed E-state index contributed by atoms with van der Waals surface area (Å²) in [6.07, 6.45) is 6.04. The van der Waals surface area contributed by atoms with Crippen LogP contribution in [-0.4, -0.2) is 17.7 Å². The SMILES string of the molecule is O=C(O)CCc1ccc(OCC=C(c2ccc(-c3ccco3)cc2)c2ccc(-c3ccco3)cc2)c(I)c1. The highest BCUT2D eigenvalue weighted by atomic mass is 127. The van der Waals surface area contributed by atoms with Gasteiger partial charge < -0.3 is 18.7 Å². The topological polar surface area (TPSA) is 72.8 Å². The lowest BCUT2D eigenvalue weighted by Gasteiger charge is -2.12. The van der Waals surface area contributed by atoms with Crippen LogP contribution < -0.4 is 4.74 Å². The summed E-state index contributed by atoms with van der Waals surface area (Å²) in [7, 11) is 0. The van der Waals surface area contributed by atoms with Crippen molar-refractivity contribution >= 4 is 34.1 Å². The van der Waals surface area contributed by atoms with Gasteiger partial charge in [-0.25, -0.2) is 0 Å². The van der Waals surface area contributed by atoms with E-state index in [0.29, 0.717) is 13.0 Å². The number of carboxylic acid groups (broad SMARTS) is 1. The van der Waals surface area contributed by atoms with Crippen molar-refractivity contribution in [3.63, 3.8) is 0 Å². The smallest absolute Gasteiger partial charge is 0.303 e. The van der Waals surface area contributed by atoms with Crippen LogP contribution in [0, 0.1) is 3.57 Å². The Morgan fingerprint density at radius 2 is 1.39 bits per heavy atom. The second kappa shape index (κ2) is 12.0. The standard InChI is InChI=1S/C32H25IO5/c33-28-21-22(6-16-32(34)35)5-15-31(28)38-20-17-27(23-7-11-25(12-8-23)29-3-1-18-36-29)24-9-13-26(14-10-24)30-4-2-19-37-30/h1-5,7-15,17-19,21H,6,16,20H2,(H,34,35). The van der Waals surface area contributed by atoms with Crippen molar-refractivity contribution in [2.24, 2.45) is 0 Å². The molecule has 0 amide bonds. The number of aliphatic carboxylic acids is 1. The molecule has 0 aliphatic carbocycles. The molecular formula is C32H25IO5. The Labute approximate surface area is 234 Å². The molecule has 0 fully saturated rings. The molecule has 0 aliphatic heterocycles. The summed E-state index contributed by atoms with van der Waals surface area (Å²) >= 11 is 2.23. The predicted octanol–water partition coefficient (Wildman–Crippen LogP) is 8.34. The van der Waals surface area contributed by atoms with E-state index in [-0.39, 0.29) is 6.42 Å². The van der Waals surface area contributed by atoms with Crippen LogP contribution in [0.2, 0.25) is 0 Å². The van der Waals surface area contributed by atoms with Gasteiger partial charge in [0.05, 0.1) is 16.1 Å². The van der Waals surface area contributed by atoms with Crippen LogP contribution in [0.3, 0.4) is 0 Å².